The van der Waals surface area contributed by atoms with Crippen molar-refractivity contribution in [1.82, 2.24) is 5.32 Å². The van der Waals surface area contributed by atoms with Gasteiger partial charge in [0.15, 0.2) is 0 Å². The highest BCUT2D eigenvalue weighted by Crippen LogP contribution is 2.61. The topological polar surface area (TPSA) is 58.6 Å². The lowest BCUT2D eigenvalue weighted by Crippen LogP contribution is -2.27. The van der Waals surface area contributed by atoms with Crippen molar-refractivity contribution in [1.29, 1.82) is 0 Å². The smallest absolute Gasteiger partial charge is 0.224 e. The Morgan fingerprint density at radius 2 is 2.00 bits per heavy atom. The van der Waals surface area contributed by atoms with E-state index in [1.807, 2.05) is 24.3 Å². The minimum atomic E-state index is -0.0231. The lowest BCUT2D eigenvalue weighted by atomic mass is 9.95. The molecule has 4 rings (SSSR count). The third-order valence-electron chi connectivity index (χ3n) is 5.56. The van der Waals surface area contributed by atoms with Gasteiger partial charge in [-0.25, -0.2) is 0 Å². The van der Waals surface area contributed by atoms with Crippen molar-refractivity contribution >= 4 is 5.91 Å². The second-order valence-corrected chi connectivity index (χ2v) is 6.97. The van der Waals surface area contributed by atoms with Crippen molar-refractivity contribution in [2.24, 2.45) is 5.92 Å². The van der Waals surface area contributed by atoms with E-state index in [0.29, 0.717) is 12.3 Å². The summed E-state index contributed by atoms with van der Waals surface area (Å²) in [5, 5.41) is 12.0. The number of para-hydroxylation sites is 1. The van der Waals surface area contributed by atoms with E-state index >= 15 is 0 Å². The molecule has 130 valence electrons. The Bertz CT molecular complexity index is 788. The normalized spacial score (nSPS) is 23.3. The van der Waals surface area contributed by atoms with Gasteiger partial charge < -0.3 is 15.2 Å². The van der Waals surface area contributed by atoms with Gasteiger partial charge in [-0.2, -0.15) is 0 Å². The van der Waals surface area contributed by atoms with E-state index < -0.39 is 0 Å². The SMILES string of the molecule is O=C(NCc1ccccc1OCCO)[C@H]1C[C@]12CCc1ccccc12. The second kappa shape index (κ2) is 6.52. The first kappa shape index (κ1) is 16.2. The van der Waals surface area contributed by atoms with Crippen molar-refractivity contribution in [2.45, 2.75) is 31.2 Å². The van der Waals surface area contributed by atoms with Crippen LogP contribution in [0.25, 0.3) is 0 Å². The van der Waals surface area contributed by atoms with Gasteiger partial charge >= 0.3 is 0 Å². The molecule has 1 amide bonds. The molecule has 1 fully saturated rings. The summed E-state index contributed by atoms with van der Waals surface area (Å²) in [6, 6.07) is 16.2. The summed E-state index contributed by atoms with van der Waals surface area (Å²) in [6.45, 7) is 0.687. The van der Waals surface area contributed by atoms with Crippen molar-refractivity contribution < 1.29 is 14.6 Å². The van der Waals surface area contributed by atoms with Gasteiger partial charge in [0.2, 0.25) is 5.91 Å². The Balaban J connectivity index is 1.40. The predicted octanol–water partition coefficient (Wildman–Crippen LogP) is 2.58. The summed E-state index contributed by atoms with van der Waals surface area (Å²) in [7, 11) is 0. The van der Waals surface area contributed by atoms with Crippen LogP contribution in [0.4, 0.5) is 0 Å². The second-order valence-electron chi connectivity index (χ2n) is 6.97. The third kappa shape index (κ3) is 2.91. The molecule has 1 spiro atoms. The average molecular weight is 337 g/mol. The van der Waals surface area contributed by atoms with E-state index in [9.17, 15) is 4.79 Å². The zero-order valence-electron chi connectivity index (χ0n) is 14.2. The Hall–Kier alpha value is -2.33. The maximum atomic E-state index is 12.7. The lowest BCUT2D eigenvalue weighted by molar-refractivity contribution is -0.122. The number of fused-ring (bicyclic) bond motifs is 2. The Morgan fingerprint density at radius 1 is 1.20 bits per heavy atom. The molecule has 0 bridgehead atoms. The number of carbonyl (C=O) groups is 1. The molecule has 2 N–H and O–H groups in total. The highest BCUT2D eigenvalue weighted by molar-refractivity contribution is 5.85. The summed E-state index contributed by atoms with van der Waals surface area (Å²) >= 11 is 0. The molecular weight excluding hydrogens is 314 g/mol. The minimum Gasteiger partial charge on any atom is -0.491 e. The van der Waals surface area contributed by atoms with Crippen LogP contribution in [0.5, 0.6) is 5.75 Å². The fourth-order valence-electron chi connectivity index (χ4n) is 4.19. The number of benzene rings is 2. The van der Waals surface area contributed by atoms with Crippen LogP contribution in [0, 0.1) is 5.92 Å². The van der Waals surface area contributed by atoms with Crippen LogP contribution in [0.2, 0.25) is 0 Å². The quantitative estimate of drug-likeness (QED) is 0.852. The molecule has 2 aliphatic carbocycles. The molecule has 4 heteroatoms. The van der Waals surface area contributed by atoms with Crippen molar-refractivity contribution in [3.63, 3.8) is 0 Å². The number of aliphatic hydroxyl groups is 1. The van der Waals surface area contributed by atoms with Crippen LogP contribution in [-0.2, 0) is 23.2 Å². The molecule has 0 heterocycles. The van der Waals surface area contributed by atoms with Gasteiger partial charge in [-0.05, 0) is 36.5 Å². The van der Waals surface area contributed by atoms with E-state index in [1.54, 1.807) is 0 Å². The molecule has 2 aliphatic rings. The first-order valence-corrected chi connectivity index (χ1v) is 8.92. The van der Waals surface area contributed by atoms with Gasteiger partial charge in [-0.1, -0.05) is 42.5 Å². The van der Waals surface area contributed by atoms with Gasteiger partial charge in [0, 0.05) is 23.4 Å². The molecule has 4 nitrogen and oxygen atoms in total. The van der Waals surface area contributed by atoms with E-state index in [1.165, 1.54) is 11.1 Å². The first-order valence-electron chi connectivity index (χ1n) is 8.92. The number of hydrogen-bond acceptors (Lipinski definition) is 3. The highest BCUT2D eigenvalue weighted by Gasteiger charge is 2.61. The van der Waals surface area contributed by atoms with Crippen molar-refractivity contribution in [3.05, 3.63) is 65.2 Å². The van der Waals surface area contributed by atoms with E-state index in [0.717, 1.165) is 24.8 Å². The monoisotopic (exact) mass is 337 g/mol. The summed E-state index contributed by atoms with van der Waals surface area (Å²) in [5.74, 6) is 0.934. The Morgan fingerprint density at radius 3 is 2.88 bits per heavy atom. The standard InChI is InChI=1S/C21H23NO3/c23-11-12-25-19-8-4-2-6-16(19)14-22-20(24)18-13-21(18)10-9-15-5-1-3-7-17(15)21/h1-8,18,23H,9-14H2,(H,22,24)/t18-,21+/m1/s1. The summed E-state index contributed by atoms with van der Waals surface area (Å²) < 4.78 is 5.53. The summed E-state index contributed by atoms with van der Waals surface area (Å²) in [4.78, 5) is 12.7. The van der Waals surface area contributed by atoms with E-state index in [4.69, 9.17) is 9.84 Å². The van der Waals surface area contributed by atoms with Crippen molar-refractivity contribution in [2.75, 3.05) is 13.2 Å². The van der Waals surface area contributed by atoms with Crippen LogP contribution in [0.15, 0.2) is 48.5 Å². The molecule has 25 heavy (non-hydrogen) atoms. The summed E-state index contributed by atoms with van der Waals surface area (Å²) in [6.07, 6.45) is 3.12. The number of nitrogens with one attached hydrogen (secondary N) is 1. The molecule has 0 unspecified atom stereocenters. The summed E-state index contributed by atoms with van der Waals surface area (Å²) in [5.41, 5.74) is 3.79. The average Bonchev–Trinajstić information content (AvgIpc) is 3.27. The number of carbonyl (C=O) groups excluding carboxylic acids is 1. The number of rotatable bonds is 6. The van der Waals surface area contributed by atoms with Gasteiger partial charge in [0.1, 0.15) is 12.4 Å². The zero-order valence-corrected chi connectivity index (χ0v) is 14.2. The van der Waals surface area contributed by atoms with Crippen LogP contribution in [0.3, 0.4) is 0 Å². The molecule has 2 atom stereocenters. The fraction of sp³-hybridized carbons (Fsp3) is 0.381. The first-order chi connectivity index (χ1) is 12.2. The van der Waals surface area contributed by atoms with E-state index in [2.05, 4.69) is 29.6 Å². The molecule has 0 radical (unpaired) electrons. The zero-order chi connectivity index (χ0) is 17.3. The fourth-order valence-corrected chi connectivity index (χ4v) is 4.19. The molecule has 0 saturated heterocycles. The van der Waals surface area contributed by atoms with Crippen LogP contribution in [0.1, 0.15) is 29.5 Å². The number of amides is 1. The van der Waals surface area contributed by atoms with E-state index in [-0.39, 0.29) is 30.5 Å². The maximum Gasteiger partial charge on any atom is 0.224 e. The molecule has 0 aromatic heterocycles. The van der Waals surface area contributed by atoms with Gasteiger partial charge in [-0.15, -0.1) is 0 Å². The lowest BCUT2D eigenvalue weighted by Gasteiger charge is -2.13. The van der Waals surface area contributed by atoms with Gasteiger partial charge in [0.25, 0.3) is 0 Å². The largest absolute Gasteiger partial charge is 0.491 e. The number of ether oxygens (including phenoxy) is 1. The van der Waals surface area contributed by atoms with Gasteiger partial charge in [0.05, 0.1) is 6.61 Å². The van der Waals surface area contributed by atoms with Crippen LogP contribution in [-0.4, -0.2) is 24.2 Å². The molecule has 0 aliphatic heterocycles. The third-order valence-corrected chi connectivity index (χ3v) is 5.56. The van der Waals surface area contributed by atoms with Crippen LogP contribution >= 0.6 is 0 Å². The molecule has 1 saturated carbocycles. The van der Waals surface area contributed by atoms with Crippen LogP contribution < -0.4 is 10.1 Å². The Kier molecular flexibility index (Phi) is 4.22. The number of aliphatic hydroxyl groups excluding tert-OH is 1. The van der Waals surface area contributed by atoms with Crippen molar-refractivity contribution in [3.8, 4) is 5.75 Å². The number of aryl methyl sites for hydroxylation is 1. The molecule has 2 aromatic carbocycles. The highest BCUT2D eigenvalue weighted by atomic mass is 16.5. The van der Waals surface area contributed by atoms with Gasteiger partial charge in [-0.3, -0.25) is 4.79 Å². The molecular formula is C21H23NO3. The minimum absolute atomic E-state index is 0.0231. The Labute approximate surface area is 147 Å². The number of hydrogen-bond donors (Lipinski definition) is 2. The molecule has 2 aromatic rings. The maximum absolute atomic E-state index is 12.7. The predicted molar refractivity (Wildman–Crippen MR) is 95.4 cm³/mol.